The number of nitrogens with zero attached hydrogens (tertiary/aromatic N) is 2. The maximum Gasteiger partial charge on any atom is 0.344 e. The highest BCUT2D eigenvalue weighted by Crippen LogP contribution is 2.34. The van der Waals surface area contributed by atoms with Crippen molar-refractivity contribution in [3.05, 3.63) is 62.1 Å². The molecule has 1 aliphatic heterocycles. The lowest BCUT2D eigenvalue weighted by atomic mass is 10.2. The van der Waals surface area contributed by atoms with Gasteiger partial charge in [0.2, 0.25) is 0 Å². The Morgan fingerprint density at radius 3 is 2.56 bits per heavy atom. The third-order valence-corrected chi connectivity index (χ3v) is 6.15. The van der Waals surface area contributed by atoms with Crippen LogP contribution < -0.4 is 4.74 Å². The van der Waals surface area contributed by atoms with E-state index in [1.54, 1.807) is 44.3 Å². The molecule has 1 saturated heterocycles. The molecule has 0 radical (unpaired) electrons. The molecule has 1 aliphatic rings. The standard InChI is InChI=1S/C22H19IN2O6S/c1-3-30-19(26)12-31-17-9-4-13(10-16(17)23)11-18-20(27)25(2)22(32-18)24-15-7-5-14(6-8-15)21(28)29/h4-11H,3,12H2,1-2H3,(H,28,29)/b18-11-,24-22?. The van der Waals surface area contributed by atoms with Crippen LogP contribution in [0.1, 0.15) is 22.8 Å². The summed E-state index contributed by atoms with van der Waals surface area (Å²) in [5, 5.41) is 9.49. The van der Waals surface area contributed by atoms with E-state index in [0.29, 0.717) is 28.1 Å². The van der Waals surface area contributed by atoms with Crippen molar-refractivity contribution in [1.29, 1.82) is 0 Å². The molecule has 166 valence electrons. The van der Waals surface area contributed by atoms with Crippen molar-refractivity contribution in [2.24, 2.45) is 4.99 Å². The second-order valence-electron chi connectivity index (χ2n) is 6.50. The van der Waals surface area contributed by atoms with Crippen LogP contribution in [-0.2, 0) is 14.3 Å². The number of likely N-dealkylation sites (N-methyl/N-ethyl adjacent to an activating group) is 1. The Balaban J connectivity index is 1.74. The van der Waals surface area contributed by atoms with Crippen molar-refractivity contribution >= 4 is 69.1 Å². The molecule has 0 spiro atoms. The Kier molecular flexibility index (Phi) is 7.91. The second-order valence-corrected chi connectivity index (χ2v) is 8.68. The van der Waals surface area contributed by atoms with Crippen LogP contribution in [0.5, 0.6) is 5.75 Å². The minimum atomic E-state index is -1.01. The van der Waals surface area contributed by atoms with E-state index >= 15 is 0 Å². The molecule has 1 amide bonds. The summed E-state index contributed by atoms with van der Waals surface area (Å²) in [5.41, 5.74) is 1.52. The number of thioether (sulfide) groups is 1. The fourth-order valence-corrected chi connectivity index (χ4v) is 4.34. The molecule has 0 aliphatic carbocycles. The molecule has 32 heavy (non-hydrogen) atoms. The number of rotatable bonds is 7. The topological polar surface area (TPSA) is 106 Å². The molecule has 0 aromatic heterocycles. The van der Waals surface area contributed by atoms with Crippen LogP contribution in [0.15, 0.2) is 52.4 Å². The Hall–Kier alpha value is -2.86. The van der Waals surface area contributed by atoms with Crippen molar-refractivity contribution in [2.75, 3.05) is 20.3 Å². The van der Waals surface area contributed by atoms with E-state index in [4.69, 9.17) is 14.6 Å². The number of esters is 1. The number of ether oxygens (including phenoxy) is 2. The number of amidine groups is 1. The zero-order valence-corrected chi connectivity index (χ0v) is 20.2. The van der Waals surface area contributed by atoms with Gasteiger partial charge in [-0.25, -0.2) is 14.6 Å². The zero-order chi connectivity index (χ0) is 23.3. The number of aromatic carboxylic acids is 1. The van der Waals surface area contributed by atoms with Gasteiger partial charge in [-0.2, -0.15) is 0 Å². The van der Waals surface area contributed by atoms with Crippen molar-refractivity contribution in [2.45, 2.75) is 6.92 Å². The van der Waals surface area contributed by atoms with Crippen LogP contribution >= 0.6 is 34.4 Å². The minimum Gasteiger partial charge on any atom is -0.481 e. The van der Waals surface area contributed by atoms with E-state index < -0.39 is 11.9 Å². The Labute approximate surface area is 202 Å². The number of carbonyl (C=O) groups excluding carboxylic acids is 2. The van der Waals surface area contributed by atoms with Gasteiger partial charge in [-0.05, 0) is 89.3 Å². The molecular weight excluding hydrogens is 547 g/mol. The summed E-state index contributed by atoms with van der Waals surface area (Å²) in [7, 11) is 1.64. The first-order chi connectivity index (χ1) is 15.3. The smallest absolute Gasteiger partial charge is 0.344 e. The summed E-state index contributed by atoms with van der Waals surface area (Å²) in [6.45, 7) is 1.86. The maximum atomic E-state index is 12.6. The summed E-state index contributed by atoms with van der Waals surface area (Å²) in [4.78, 5) is 41.5. The number of carbonyl (C=O) groups is 3. The fraction of sp³-hybridized carbons (Fsp3) is 0.182. The number of hydrogen-bond acceptors (Lipinski definition) is 7. The first kappa shape index (κ1) is 23.8. The van der Waals surface area contributed by atoms with Crippen LogP contribution in [0.3, 0.4) is 0 Å². The number of hydrogen-bond donors (Lipinski definition) is 1. The summed E-state index contributed by atoms with van der Waals surface area (Å²) < 4.78 is 11.1. The summed E-state index contributed by atoms with van der Waals surface area (Å²) in [5.74, 6) is -1.08. The number of carboxylic acid groups (broad SMARTS) is 1. The second kappa shape index (κ2) is 10.6. The van der Waals surface area contributed by atoms with Crippen molar-refractivity contribution in [3.63, 3.8) is 0 Å². The van der Waals surface area contributed by atoms with E-state index in [1.807, 2.05) is 6.07 Å². The number of carboxylic acids is 1. The normalized spacial score (nSPS) is 16.0. The van der Waals surface area contributed by atoms with Gasteiger partial charge in [0.05, 0.1) is 26.3 Å². The molecule has 3 rings (SSSR count). The average Bonchev–Trinajstić information content (AvgIpc) is 3.01. The highest BCUT2D eigenvalue weighted by molar-refractivity contribution is 14.1. The lowest BCUT2D eigenvalue weighted by Crippen LogP contribution is -2.23. The van der Waals surface area contributed by atoms with Gasteiger partial charge in [-0.15, -0.1) is 0 Å². The van der Waals surface area contributed by atoms with Gasteiger partial charge in [0.1, 0.15) is 5.75 Å². The van der Waals surface area contributed by atoms with Crippen LogP contribution in [0.25, 0.3) is 6.08 Å². The summed E-state index contributed by atoms with van der Waals surface area (Å²) in [6.07, 6.45) is 1.76. The molecule has 0 bridgehead atoms. The van der Waals surface area contributed by atoms with Gasteiger partial charge in [-0.3, -0.25) is 9.69 Å². The van der Waals surface area contributed by atoms with E-state index in [2.05, 4.69) is 27.6 Å². The van der Waals surface area contributed by atoms with Gasteiger partial charge in [0.15, 0.2) is 11.8 Å². The van der Waals surface area contributed by atoms with Crippen LogP contribution in [0, 0.1) is 3.57 Å². The number of amides is 1. The molecule has 0 saturated carbocycles. The largest absolute Gasteiger partial charge is 0.481 e. The Morgan fingerprint density at radius 2 is 1.94 bits per heavy atom. The van der Waals surface area contributed by atoms with Gasteiger partial charge in [0.25, 0.3) is 5.91 Å². The monoisotopic (exact) mass is 566 g/mol. The lowest BCUT2D eigenvalue weighted by Gasteiger charge is -2.08. The van der Waals surface area contributed by atoms with E-state index in [0.717, 1.165) is 9.13 Å². The first-order valence-electron chi connectivity index (χ1n) is 9.46. The SMILES string of the molecule is CCOC(=O)COc1ccc(/C=C2\SC(=Nc3ccc(C(=O)O)cc3)N(C)C2=O)cc1I. The molecular formula is C22H19IN2O6S. The highest BCUT2D eigenvalue weighted by Gasteiger charge is 2.30. The Morgan fingerprint density at radius 1 is 1.22 bits per heavy atom. The molecule has 2 aromatic carbocycles. The molecule has 0 atom stereocenters. The number of benzene rings is 2. The van der Waals surface area contributed by atoms with Crippen molar-refractivity contribution in [1.82, 2.24) is 4.90 Å². The highest BCUT2D eigenvalue weighted by atomic mass is 127. The predicted molar refractivity (Wildman–Crippen MR) is 130 cm³/mol. The lowest BCUT2D eigenvalue weighted by molar-refractivity contribution is -0.145. The third-order valence-electron chi connectivity index (χ3n) is 4.25. The van der Waals surface area contributed by atoms with Crippen LogP contribution in [-0.4, -0.2) is 53.3 Å². The third kappa shape index (κ3) is 5.88. The van der Waals surface area contributed by atoms with Crippen LogP contribution in [0.2, 0.25) is 0 Å². The average molecular weight is 566 g/mol. The van der Waals surface area contributed by atoms with E-state index in [1.165, 1.54) is 28.8 Å². The minimum absolute atomic E-state index is 0.169. The summed E-state index contributed by atoms with van der Waals surface area (Å²) in [6, 6.07) is 11.5. The summed E-state index contributed by atoms with van der Waals surface area (Å²) >= 11 is 3.34. The molecule has 1 N–H and O–H groups in total. The quantitative estimate of drug-likeness (QED) is 0.305. The number of aliphatic imine (C=N–C) groups is 1. The molecule has 2 aromatic rings. The predicted octanol–water partition coefficient (Wildman–Crippen LogP) is 4.17. The number of halogens is 1. The van der Waals surface area contributed by atoms with Gasteiger partial charge < -0.3 is 14.6 Å². The molecule has 8 nitrogen and oxygen atoms in total. The molecule has 1 heterocycles. The fourth-order valence-electron chi connectivity index (χ4n) is 2.66. The Bertz CT molecular complexity index is 1110. The van der Waals surface area contributed by atoms with Gasteiger partial charge >= 0.3 is 11.9 Å². The molecule has 10 heteroatoms. The first-order valence-corrected chi connectivity index (χ1v) is 11.4. The van der Waals surface area contributed by atoms with E-state index in [9.17, 15) is 14.4 Å². The van der Waals surface area contributed by atoms with Crippen molar-refractivity contribution in [3.8, 4) is 5.75 Å². The van der Waals surface area contributed by atoms with Crippen molar-refractivity contribution < 1.29 is 29.0 Å². The molecule has 1 fully saturated rings. The zero-order valence-electron chi connectivity index (χ0n) is 17.2. The molecule has 0 unspecified atom stereocenters. The van der Waals surface area contributed by atoms with Gasteiger partial charge in [-0.1, -0.05) is 6.07 Å². The van der Waals surface area contributed by atoms with Gasteiger partial charge in [0, 0.05) is 7.05 Å². The van der Waals surface area contributed by atoms with Crippen LogP contribution in [0.4, 0.5) is 5.69 Å². The van der Waals surface area contributed by atoms with E-state index in [-0.39, 0.29) is 18.1 Å². The maximum absolute atomic E-state index is 12.6.